The minimum absolute atomic E-state index is 0.0987. The minimum Gasteiger partial charge on any atom is -0.381 e. The summed E-state index contributed by atoms with van der Waals surface area (Å²) in [5.41, 5.74) is 8.13. The Morgan fingerprint density at radius 3 is 2.77 bits per heavy atom. The van der Waals surface area contributed by atoms with Crippen molar-refractivity contribution in [3.63, 3.8) is 0 Å². The molecule has 1 saturated heterocycles. The number of fused-ring (bicyclic) bond motifs is 1. The van der Waals surface area contributed by atoms with E-state index in [0.29, 0.717) is 32.0 Å². The summed E-state index contributed by atoms with van der Waals surface area (Å²) in [5.74, 6) is -1.32. The first-order chi connectivity index (χ1) is 14.7. The Morgan fingerprint density at radius 1 is 1.32 bits per heavy atom. The first kappa shape index (κ1) is 22.3. The Morgan fingerprint density at radius 2 is 2.10 bits per heavy atom. The number of nitrogens with two attached hydrogens (primary N) is 1. The molecular weight excluding hydrogens is 430 g/mol. The van der Waals surface area contributed by atoms with Gasteiger partial charge in [-0.2, -0.15) is 9.19 Å². The highest BCUT2D eigenvalue weighted by atomic mass is 32.2. The second kappa shape index (κ2) is 8.55. The lowest BCUT2D eigenvalue weighted by Gasteiger charge is -2.44. The predicted molar refractivity (Wildman–Crippen MR) is 109 cm³/mol. The van der Waals surface area contributed by atoms with Crippen molar-refractivity contribution in [1.82, 2.24) is 14.1 Å². The monoisotopic (exact) mass is 456 g/mol. The fourth-order valence-corrected chi connectivity index (χ4v) is 4.92. The molecule has 2 aromatic rings. The highest BCUT2D eigenvalue weighted by Crippen LogP contribution is 2.37. The summed E-state index contributed by atoms with van der Waals surface area (Å²) in [5, 5.41) is 4.19. The van der Waals surface area contributed by atoms with Gasteiger partial charge in [0.25, 0.3) is 10.0 Å². The molecule has 31 heavy (non-hydrogen) atoms. The second-order valence-corrected chi connectivity index (χ2v) is 9.87. The van der Waals surface area contributed by atoms with Crippen molar-refractivity contribution in [3.05, 3.63) is 52.9 Å². The first-order valence-corrected chi connectivity index (χ1v) is 12.0. The molecule has 2 aliphatic heterocycles. The number of nitrogens with zero attached hydrogens (tertiary/aromatic N) is 3. The molecule has 0 amide bonds. The molecule has 0 saturated carbocycles. The molecule has 0 radical (unpaired) electrons. The first-order valence-electron chi connectivity index (χ1n) is 10.1. The molecule has 8 nitrogen and oxygen atoms in total. The lowest BCUT2D eigenvalue weighted by atomic mass is 9.83. The third-order valence-electron chi connectivity index (χ3n) is 5.96. The molecule has 0 bridgehead atoms. The molecule has 0 aliphatic carbocycles. The van der Waals surface area contributed by atoms with Gasteiger partial charge in [0.15, 0.2) is 0 Å². The zero-order valence-corrected chi connectivity index (χ0v) is 18.2. The molecule has 2 aliphatic rings. The van der Waals surface area contributed by atoms with E-state index in [1.165, 1.54) is 6.20 Å². The average Bonchev–Trinajstić information content (AvgIpc) is 3.28. The van der Waals surface area contributed by atoms with Gasteiger partial charge in [0.05, 0.1) is 25.2 Å². The zero-order valence-electron chi connectivity index (χ0n) is 17.4. The molecule has 1 fully saturated rings. The van der Waals surface area contributed by atoms with Crippen LogP contribution in [0.25, 0.3) is 0 Å². The van der Waals surface area contributed by atoms with Gasteiger partial charge in [-0.15, -0.1) is 0 Å². The lowest BCUT2D eigenvalue weighted by molar-refractivity contribution is -0.103. The van der Waals surface area contributed by atoms with E-state index < -0.39 is 33.8 Å². The molecule has 0 spiro atoms. The van der Waals surface area contributed by atoms with Gasteiger partial charge in [-0.1, -0.05) is 0 Å². The maximum Gasteiger partial charge on any atom is 0.250 e. The van der Waals surface area contributed by atoms with Crippen LogP contribution in [0.2, 0.25) is 0 Å². The van der Waals surface area contributed by atoms with Gasteiger partial charge >= 0.3 is 0 Å². The van der Waals surface area contributed by atoms with Crippen LogP contribution in [0, 0.1) is 17.6 Å². The van der Waals surface area contributed by atoms with Crippen LogP contribution in [0.5, 0.6) is 0 Å². The SMILES string of the molecule is CCOCC1[C@H](N)[C@@H](c2cc(F)ccc2F)OC[C@@H]1N1Cc2cn(S(C)(=O)=O)nc2C1. The molecule has 2 N–H and O–H groups in total. The van der Waals surface area contributed by atoms with Gasteiger partial charge in [0.1, 0.15) is 17.7 Å². The Hall–Kier alpha value is -1.92. The van der Waals surface area contributed by atoms with E-state index in [9.17, 15) is 17.2 Å². The molecular formula is C20H26F2N4O4S. The zero-order chi connectivity index (χ0) is 22.3. The van der Waals surface area contributed by atoms with Crippen LogP contribution >= 0.6 is 0 Å². The van der Waals surface area contributed by atoms with Crippen LogP contribution in [0.4, 0.5) is 8.78 Å². The van der Waals surface area contributed by atoms with E-state index >= 15 is 0 Å². The van der Waals surface area contributed by atoms with Gasteiger partial charge < -0.3 is 15.2 Å². The normalized spacial score (nSPS) is 26.9. The third-order valence-corrected chi connectivity index (χ3v) is 6.82. The Bertz CT molecular complexity index is 1040. The average molecular weight is 457 g/mol. The standard InChI is InChI=1S/C20H26F2N4O4S/c1-3-29-10-15-18(25-7-12-8-26(31(2,27)28)24-17(12)9-25)11-30-20(19(15)23)14-6-13(21)4-5-16(14)22/h4-6,8,15,18-20H,3,7,9-11,23H2,1-2H3/t15?,18-,19-,20+/m0/s1. The smallest absolute Gasteiger partial charge is 0.250 e. The van der Waals surface area contributed by atoms with Crippen molar-refractivity contribution in [1.29, 1.82) is 0 Å². The topological polar surface area (TPSA) is 99.7 Å². The second-order valence-electron chi connectivity index (χ2n) is 8.03. The van der Waals surface area contributed by atoms with Crippen molar-refractivity contribution < 1.29 is 26.7 Å². The summed E-state index contributed by atoms with van der Waals surface area (Å²) >= 11 is 0. The Balaban J connectivity index is 1.56. The summed E-state index contributed by atoms with van der Waals surface area (Å²) in [6.45, 7) is 3.91. The Labute approximate surface area is 180 Å². The number of ether oxygens (including phenoxy) is 2. The summed E-state index contributed by atoms with van der Waals surface area (Å²) in [6, 6.07) is 2.49. The molecule has 170 valence electrons. The van der Waals surface area contributed by atoms with Crippen molar-refractivity contribution in [2.24, 2.45) is 11.7 Å². The van der Waals surface area contributed by atoms with Crippen molar-refractivity contribution in [2.75, 3.05) is 26.1 Å². The molecule has 1 aromatic heterocycles. The summed E-state index contributed by atoms with van der Waals surface area (Å²) < 4.78 is 64.2. The van der Waals surface area contributed by atoms with E-state index in [1.807, 2.05) is 6.92 Å². The van der Waals surface area contributed by atoms with Gasteiger partial charge in [-0.05, 0) is 25.1 Å². The number of hydrogen-bond acceptors (Lipinski definition) is 7. The minimum atomic E-state index is -3.44. The lowest BCUT2D eigenvalue weighted by Crippen LogP contribution is -2.56. The van der Waals surface area contributed by atoms with Crippen molar-refractivity contribution >= 4 is 10.0 Å². The van der Waals surface area contributed by atoms with E-state index in [-0.39, 0.29) is 24.1 Å². The van der Waals surface area contributed by atoms with Crippen LogP contribution in [0.15, 0.2) is 24.4 Å². The van der Waals surface area contributed by atoms with Crippen LogP contribution in [-0.4, -0.2) is 60.7 Å². The van der Waals surface area contributed by atoms with E-state index in [4.69, 9.17) is 15.2 Å². The maximum atomic E-state index is 14.4. The molecule has 4 rings (SSSR count). The molecule has 4 atom stereocenters. The molecule has 1 aromatic carbocycles. The van der Waals surface area contributed by atoms with Crippen LogP contribution in [0.1, 0.15) is 29.8 Å². The quantitative estimate of drug-likeness (QED) is 0.702. The summed E-state index contributed by atoms with van der Waals surface area (Å²) in [7, 11) is -3.44. The van der Waals surface area contributed by atoms with E-state index in [0.717, 1.165) is 34.1 Å². The van der Waals surface area contributed by atoms with E-state index in [2.05, 4.69) is 10.00 Å². The number of hydrogen-bond donors (Lipinski definition) is 1. The third kappa shape index (κ3) is 4.37. The molecule has 11 heteroatoms. The number of halogens is 2. The predicted octanol–water partition coefficient (Wildman–Crippen LogP) is 1.40. The number of aromatic nitrogens is 2. The fourth-order valence-electron chi connectivity index (χ4n) is 4.36. The molecule has 3 heterocycles. The van der Waals surface area contributed by atoms with Gasteiger partial charge in [-0.25, -0.2) is 17.2 Å². The summed E-state index contributed by atoms with van der Waals surface area (Å²) in [4.78, 5) is 2.12. The van der Waals surface area contributed by atoms with E-state index in [1.54, 1.807) is 0 Å². The maximum absolute atomic E-state index is 14.4. The highest BCUT2D eigenvalue weighted by Gasteiger charge is 2.44. The van der Waals surface area contributed by atoms with Gasteiger partial charge in [0.2, 0.25) is 0 Å². The highest BCUT2D eigenvalue weighted by molar-refractivity contribution is 7.89. The van der Waals surface area contributed by atoms with Crippen molar-refractivity contribution in [2.45, 2.75) is 38.2 Å². The fraction of sp³-hybridized carbons (Fsp3) is 0.550. The van der Waals surface area contributed by atoms with Gasteiger partial charge in [-0.3, -0.25) is 4.90 Å². The molecule has 1 unspecified atom stereocenters. The largest absolute Gasteiger partial charge is 0.381 e. The van der Waals surface area contributed by atoms with Gasteiger partial charge in [0, 0.05) is 55.0 Å². The summed E-state index contributed by atoms with van der Waals surface area (Å²) in [6.07, 6.45) is 1.83. The van der Waals surface area contributed by atoms with Crippen LogP contribution < -0.4 is 5.73 Å². The van der Waals surface area contributed by atoms with Crippen LogP contribution in [0.3, 0.4) is 0 Å². The number of benzene rings is 1. The van der Waals surface area contributed by atoms with Crippen molar-refractivity contribution in [3.8, 4) is 0 Å². The number of rotatable bonds is 6. The van der Waals surface area contributed by atoms with Crippen LogP contribution in [-0.2, 0) is 32.6 Å². The Kier molecular flexibility index (Phi) is 6.14.